The minimum atomic E-state index is 0.263. The van der Waals surface area contributed by atoms with Gasteiger partial charge in [0.25, 0.3) is 0 Å². The van der Waals surface area contributed by atoms with Crippen LogP contribution in [0.3, 0.4) is 0 Å². The summed E-state index contributed by atoms with van der Waals surface area (Å²) < 4.78 is 5.38. The summed E-state index contributed by atoms with van der Waals surface area (Å²) in [5, 5.41) is 0.908. The van der Waals surface area contributed by atoms with E-state index in [4.69, 9.17) is 4.74 Å². The summed E-state index contributed by atoms with van der Waals surface area (Å²) in [7, 11) is 1.74. The molecule has 2 aromatic rings. The topological polar surface area (TPSA) is 42.4 Å². The highest BCUT2D eigenvalue weighted by Gasteiger charge is 2.25. The molecule has 1 unspecified atom stereocenters. The average molecular weight is 288 g/mol. The minimum Gasteiger partial charge on any atom is -0.380 e. The molecule has 0 saturated carbocycles. The zero-order chi connectivity index (χ0) is 13.9. The number of carbonyl (C=O) groups excluding carboxylic acids is 1. The maximum absolute atomic E-state index is 11.3. The van der Waals surface area contributed by atoms with Crippen LogP contribution < -0.4 is 4.90 Å². The summed E-state index contributed by atoms with van der Waals surface area (Å²) in [6.07, 6.45) is 2.17. The smallest absolute Gasteiger partial charge is 0.186 e. The Balaban J connectivity index is 1.92. The molecule has 1 aromatic heterocycles. The Bertz CT molecular complexity index is 597. The van der Waals surface area contributed by atoms with Gasteiger partial charge in [-0.25, -0.2) is 4.98 Å². The number of hydrogen-bond acceptors (Lipinski definition) is 5. The van der Waals surface area contributed by atoms with Gasteiger partial charge >= 0.3 is 0 Å². The van der Waals surface area contributed by atoms with Gasteiger partial charge in [0.05, 0.1) is 16.7 Å². The summed E-state index contributed by atoms with van der Waals surface area (Å²) in [5.74, 6) is 0. The van der Waals surface area contributed by atoms with Gasteiger partial charge in [0, 0.05) is 25.8 Å². The van der Waals surface area contributed by atoms with Crippen molar-refractivity contribution in [2.45, 2.75) is 12.5 Å². The predicted molar refractivity (Wildman–Crippen MR) is 80.6 cm³/mol. The van der Waals surface area contributed by atoms with Gasteiger partial charge < -0.3 is 9.64 Å². The first-order valence-electron chi connectivity index (χ1n) is 6.61. The molecule has 104 valence electrons. The number of hydrogen-bond donors (Lipinski definition) is 0. The quantitative estimate of drug-likeness (QED) is 0.811. The van der Waals surface area contributed by atoms with Gasteiger partial charge in [-0.1, -0.05) is 41.7 Å². The molecule has 0 radical (unpaired) electrons. The molecule has 20 heavy (non-hydrogen) atoms. The molecule has 0 N–H and O–H groups in total. The molecule has 4 nitrogen and oxygen atoms in total. The zero-order valence-corrected chi connectivity index (χ0v) is 12.1. The third kappa shape index (κ3) is 2.46. The Kier molecular flexibility index (Phi) is 3.80. The second kappa shape index (κ2) is 5.73. The first kappa shape index (κ1) is 13.3. The van der Waals surface area contributed by atoms with Crippen LogP contribution in [-0.2, 0) is 4.74 Å². The number of benzene rings is 1. The van der Waals surface area contributed by atoms with E-state index in [1.807, 2.05) is 30.3 Å². The first-order valence-corrected chi connectivity index (χ1v) is 7.42. The molecule has 1 aromatic carbocycles. The number of thiazole rings is 1. The Morgan fingerprint density at radius 1 is 1.40 bits per heavy atom. The minimum absolute atomic E-state index is 0.263. The SMILES string of the molecule is COC1CCN(c2nc(-c3ccccc3)c(C=O)s2)C1. The van der Waals surface area contributed by atoms with Gasteiger partial charge in [0.2, 0.25) is 0 Å². The molecule has 0 bridgehead atoms. The largest absolute Gasteiger partial charge is 0.380 e. The Hall–Kier alpha value is -1.72. The molecule has 5 heteroatoms. The van der Waals surface area contributed by atoms with Crippen LogP contribution in [-0.4, -0.2) is 37.6 Å². The Morgan fingerprint density at radius 2 is 2.20 bits per heavy atom. The standard InChI is InChI=1S/C15H16N2O2S/c1-19-12-7-8-17(9-12)15-16-14(13(10-18)20-15)11-5-3-2-4-6-11/h2-6,10,12H,7-9H2,1H3. The van der Waals surface area contributed by atoms with E-state index < -0.39 is 0 Å². The lowest BCUT2D eigenvalue weighted by Crippen LogP contribution is -2.21. The number of methoxy groups -OCH3 is 1. The second-order valence-electron chi connectivity index (χ2n) is 4.79. The van der Waals surface area contributed by atoms with Crippen LogP contribution in [0.5, 0.6) is 0 Å². The van der Waals surface area contributed by atoms with Crippen LogP contribution in [0.2, 0.25) is 0 Å². The van der Waals surface area contributed by atoms with Crippen molar-refractivity contribution in [3.05, 3.63) is 35.2 Å². The fourth-order valence-corrected chi connectivity index (χ4v) is 3.37. The maximum Gasteiger partial charge on any atom is 0.186 e. The van der Waals surface area contributed by atoms with Crippen molar-refractivity contribution in [2.24, 2.45) is 0 Å². The van der Waals surface area contributed by atoms with Crippen molar-refractivity contribution in [1.82, 2.24) is 4.98 Å². The second-order valence-corrected chi connectivity index (χ2v) is 5.79. The number of nitrogens with zero attached hydrogens (tertiary/aromatic N) is 2. The van der Waals surface area contributed by atoms with Crippen LogP contribution in [0.4, 0.5) is 5.13 Å². The number of carbonyl (C=O) groups is 1. The monoisotopic (exact) mass is 288 g/mol. The van der Waals surface area contributed by atoms with Gasteiger partial charge in [0.15, 0.2) is 11.4 Å². The van der Waals surface area contributed by atoms with E-state index in [2.05, 4.69) is 9.88 Å². The summed E-state index contributed by atoms with van der Waals surface area (Å²) in [6, 6.07) is 9.84. The van der Waals surface area contributed by atoms with Gasteiger partial charge in [-0.05, 0) is 6.42 Å². The van der Waals surface area contributed by atoms with E-state index in [1.54, 1.807) is 7.11 Å². The van der Waals surface area contributed by atoms with E-state index in [0.717, 1.165) is 42.2 Å². The highest BCUT2D eigenvalue weighted by molar-refractivity contribution is 7.17. The zero-order valence-electron chi connectivity index (χ0n) is 11.3. The molecule has 1 saturated heterocycles. The van der Waals surface area contributed by atoms with Crippen molar-refractivity contribution in [2.75, 3.05) is 25.1 Å². The van der Waals surface area contributed by atoms with Crippen LogP contribution in [0, 0.1) is 0 Å². The number of aldehydes is 1. The molecule has 2 heterocycles. The molecule has 1 aliphatic rings. The van der Waals surface area contributed by atoms with Crippen molar-refractivity contribution < 1.29 is 9.53 Å². The van der Waals surface area contributed by atoms with E-state index in [1.165, 1.54) is 11.3 Å². The molecule has 0 spiro atoms. The summed E-state index contributed by atoms with van der Waals surface area (Å²) in [5.41, 5.74) is 1.76. The third-order valence-corrected chi connectivity index (χ3v) is 4.59. The maximum atomic E-state index is 11.3. The van der Waals surface area contributed by atoms with Gasteiger partial charge in [-0.3, -0.25) is 4.79 Å². The predicted octanol–water partition coefficient (Wildman–Crippen LogP) is 2.85. The van der Waals surface area contributed by atoms with Crippen molar-refractivity contribution in [3.8, 4) is 11.3 Å². The summed E-state index contributed by atoms with van der Waals surface area (Å²) >= 11 is 1.46. The highest BCUT2D eigenvalue weighted by atomic mass is 32.1. The van der Waals surface area contributed by atoms with Crippen LogP contribution in [0.15, 0.2) is 30.3 Å². The number of rotatable bonds is 4. The molecule has 1 aliphatic heterocycles. The molecule has 1 atom stereocenters. The average Bonchev–Trinajstić information content (AvgIpc) is 3.14. The highest BCUT2D eigenvalue weighted by Crippen LogP contribution is 2.33. The lowest BCUT2D eigenvalue weighted by molar-refractivity contribution is 0.112. The first-order chi connectivity index (χ1) is 9.81. The fraction of sp³-hybridized carbons (Fsp3) is 0.333. The van der Waals surface area contributed by atoms with Crippen molar-refractivity contribution in [3.63, 3.8) is 0 Å². The normalized spacial score (nSPS) is 18.4. The molecular weight excluding hydrogens is 272 g/mol. The van der Waals surface area contributed by atoms with Crippen molar-refractivity contribution >= 4 is 22.8 Å². The fourth-order valence-electron chi connectivity index (χ4n) is 2.43. The van der Waals surface area contributed by atoms with Crippen LogP contribution in [0.25, 0.3) is 11.3 Å². The summed E-state index contributed by atoms with van der Waals surface area (Å²) in [4.78, 5) is 18.8. The number of ether oxygens (including phenoxy) is 1. The third-order valence-electron chi connectivity index (χ3n) is 3.55. The molecule has 3 rings (SSSR count). The van der Waals surface area contributed by atoms with Crippen molar-refractivity contribution in [1.29, 1.82) is 0 Å². The van der Waals surface area contributed by atoms with E-state index >= 15 is 0 Å². The summed E-state index contributed by atoms with van der Waals surface area (Å²) in [6.45, 7) is 1.77. The molecule has 1 fully saturated rings. The van der Waals surface area contributed by atoms with E-state index in [0.29, 0.717) is 4.88 Å². The Labute approximate surface area is 122 Å². The molecule has 0 amide bonds. The van der Waals surface area contributed by atoms with Gasteiger partial charge in [0.1, 0.15) is 0 Å². The number of anilines is 1. The van der Waals surface area contributed by atoms with Gasteiger partial charge in [-0.15, -0.1) is 0 Å². The molecular formula is C15H16N2O2S. The lowest BCUT2D eigenvalue weighted by atomic mass is 10.1. The molecule has 0 aliphatic carbocycles. The van der Waals surface area contributed by atoms with E-state index in [9.17, 15) is 4.79 Å². The lowest BCUT2D eigenvalue weighted by Gasteiger charge is -2.13. The van der Waals surface area contributed by atoms with Crippen LogP contribution in [0.1, 0.15) is 16.1 Å². The number of aromatic nitrogens is 1. The Morgan fingerprint density at radius 3 is 2.85 bits per heavy atom. The van der Waals surface area contributed by atoms with E-state index in [-0.39, 0.29) is 6.10 Å². The van der Waals surface area contributed by atoms with Crippen LogP contribution >= 0.6 is 11.3 Å². The van der Waals surface area contributed by atoms with Gasteiger partial charge in [-0.2, -0.15) is 0 Å².